The smallest absolute Gasteiger partial charge is 0.325 e. The van der Waals surface area contributed by atoms with E-state index in [1.165, 1.54) is 0 Å². The average molecular weight is 346 g/mol. The minimum atomic E-state index is -0.247. The molecule has 0 radical (unpaired) electrons. The minimum Gasteiger partial charge on any atom is -0.465 e. The van der Waals surface area contributed by atoms with Crippen molar-refractivity contribution in [3.63, 3.8) is 0 Å². The molecule has 1 saturated heterocycles. The molecule has 1 fully saturated rings. The van der Waals surface area contributed by atoms with E-state index in [0.29, 0.717) is 12.4 Å². The molecule has 1 aromatic heterocycles. The molecule has 1 aliphatic rings. The maximum absolute atomic E-state index is 12.2. The van der Waals surface area contributed by atoms with Crippen LogP contribution in [-0.2, 0) is 20.9 Å². The monoisotopic (exact) mass is 346 g/mol. The van der Waals surface area contributed by atoms with E-state index in [0.717, 1.165) is 41.7 Å². The SMILES string of the molecule is CCOC(=O)Cn1cc(SCC(=O)N2CCCC2)c2ccccc21. The third kappa shape index (κ3) is 3.75. The van der Waals surface area contributed by atoms with Gasteiger partial charge in [0.15, 0.2) is 0 Å². The number of thioether (sulfide) groups is 1. The Morgan fingerprint density at radius 1 is 1.21 bits per heavy atom. The van der Waals surface area contributed by atoms with Crippen molar-refractivity contribution < 1.29 is 14.3 Å². The number of para-hydroxylation sites is 1. The number of carbonyl (C=O) groups excluding carboxylic acids is 2. The molecule has 0 unspecified atom stereocenters. The molecule has 1 aliphatic heterocycles. The summed E-state index contributed by atoms with van der Waals surface area (Å²) in [4.78, 5) is 27.0. The number of nitrogens with zero attached hydrogens (tertiary/aromatic N) is 2. The third-order valence-electron chi connectivity index (χ3n) is 4.17. The van der Waals surface area contributed by atoms with Gasteiger partial charge in [-0.05, 0) is 25.8 Å². The summed E-state index contributed by atoms with van der Waals surface area (Å²) >= 11 is 1.54. The Morgan fingerprint density at radius 3 is 2.71 bits per heavy atom. The maximum atomic E-state index is 12.2. The van der Waals surface area contributed by atoms with Crippen molar-refractivity contribution in [2.75, 3.05) is 25.4 Å². The van der Waals surface area contributed by atoms with Crippen molar-refractivity contribution in [2.24, 2.45) is 0 Å². The standard InChI is InChI=1S/C18H22N2O3S/c1-2-23-18(22)12-20-11-16(14-7-3-4-8-15(14)20)24-13-17(21)19-9-5-6-10-19/h3-4,7-8,11H,2,5-6,9-10,12-13H2,1H3. The van der Waals surface area contributed by atoms with Gasteiger partial charge in [0, 0.05) is 35.1 Å². The Kier molecular flexibility index (Phi) is 5.45. The lowest BCUT2D eigenvalue weighted by Crippen LogP contribution is -2.29. The van der Waals surface area contributed by atoms with E-state index in [9.17, 15) is 9.59 Å². The van der Waals surface area contributed by atoms with Gasteiger partial charge in [0.05, 0.1) is 12.4 Å². The average Bonchev–Trinajstić information content (AvgIpc) is 3.22. The first-order valence-corrected chi connectivity index (χ1v) is 9.31. The zero-order valence-electron chi connectivity index (χ0n) is 13.9. The molecular formula is C18H22N2O3S. The van der Waals surface area contributed by atoms with Gasteiger partial charge in [-0.25, -0.2) is 0 Å². The van der Waals surface area contributed by atoms with Gasteiger partial charge >= 0.3 is 5.97 Å². The molecule has 1 aromatic carbocycles. The second-order valence-corrected chi connectivity index (χ2v) is 6.84. The summed E-state index contributed by atoms with van der Waals surface area (Å²) in [5.74, 6) is 0.385. The number of hydrogen-bond donors (Lipinski definition) is 0. The van der Waals surface area contributed by atoms with Crippen LogP contribution in [0.2, 0.25) is 0 Å². The molecule has 0 bridgehead atoms. The summed E-state index contributed by atoms with van der Waals surface area (Å²) in [5, 5.41) is 1.07. The number of rotatable bonds is 6. The van der Waals surface area contributed by atoms with Crippen LogP contribution >= 0.6 is 11.8 Å². The summed E-state index contributed by atoms with van der Waals surface area (Å²) in [7, 11) is 0. The molecule has 2 aromatic rings. The molecule has 6 heteroatoms. The second-order valence-electron chi connectivity index (χ2n) is 5.82. The lowest BCUT2D eigenvalue weighted by molar-refractivity contribution is -0.143. The normalized spacial score (nSPS) is 14.3. The van der Waals surface area contributed by atoms with Crippen molar-refractivity contribution in [1.29, 1.82) is 0 Å². The molecule has 5 nitrogen and oxygen atoms in total. The molecular weight excluding hydrogens is 324 g/mol. The zero-order chi connectivity index (χ0) is 16.9. The molecule has 128 valence electrons. The first kappa shape index (κ1) is 16.9. The Labute approximate surface area is 145 Å². The van der Waals surface area contributed by atoms with Crippen molar-refractivity contribution in [3.8, 4) is 0 Å². The van der Waals surface area contributed by atoms with Gasteiger partial charge in [-0.3, -0.25) is 9.59 Å². The van der Waals surface area contributed by atoms with Crippen LogP contribution in [0.4, 0.5) is 0 Å². The van der Waals surface area contributed by atoms with Crippen LogP contribution in [0.15, 0.2) is 35.4 Å². The number of hydrogen-bond acceptors (Lipinski definition) is 4. The molecule has 24 heavy (non-hydrogen) atoms. The Bertz CT molecular complexity index is 735. The van der Waals surface area contributed by atoms with E-state index in [1.54, 1.807) is 18.7 Å². The van der Waals surface area contributed by atoms with Gasteiger partial charge in [-0.2, -0.15) is 0 Å². The summed E-state index contributed by atoms with van der Waals surface area (Å²) in [6.45, 7) is 4.13. The van der Waals surface area contributed by atoms with Crippen molar-refractivity contribution in [3.05, 3.63) is 30.5 Å². The number of aromatic nitrogens is 1. The highest BCUT2D eigenvalue weighted by molar-refractivity contribution is 8.00. The van der Waals surface area contributed by atoms with E-state index in [2.05, 4.69) is 0 Å². The number of likely N-dealkylation sites (tertiary alicyclic amines) is 1. The highest BCUT2D eigenvalue weighted by Crippen LogP contribution is 2.30. The number of amides is 1. The van der Waals surface area contributed by atoms with Gasteiger partial charge in [0.2, 0.25) is 5.91 Å². The first-order valence-electron chi connectivity index (χ1n) is 8.33. The molecule has 0 N–H and O–H groups in total. The summed E-state index contributed by atoms with van der Waals surface area (Å²) in [5.41, 5.74) is 0.988. The van der Waals surface area contributed by atoms with E-state index in [1.807, 2.05) is 39.9 Å². The fourth-order valence-corrected chi connectivity index (χ4v) is 3.99. The number of fused-ring (bicyclic) bond motifs is 1. The lowest BCUT2D eigenvalue weighted by Gasteiger charge is -2.14. The minimum absolute atomic E-state index is 0.189. The first-order chi connectivity index (χ1) is 11.7. The summed E-state index contributed by atoms with van der Waals surface area (Å²) in [6.07, 6.45) is 4.16. The highest BCUT2D eigenvalue weighted by atomic mass is 32.2. The topological polar surface area (TPSA) is 51.5 Å². The van der Waals surface area contributed by atoms with Crippen LogP contribution in [0.5, 0.6) is 0 Å². The predicted octanol–water partition coefficient (Wildman–Crippen LogP) is 2.92. The van der Waals surface area contributed by atoms with E-state index >= 15 is 0 Å². The predicted molar refractivity (Wildman–Crippen MR) is 95.1 cm³/mol. The number of carbonyl (C=O) groups is 2. The van der Waals surface area contributed by atoms with E-state index in [4.69, 9.17) is 4.74 Å². The van der Waals surface area contributed by atoms with Crippen LogP contribution in [0, 0.1) is 0 Å². The fourth-order valence-electron chi connectivity index (χ4n) is 3.00. The van der Waals surface area contributed by atoms with Crippen molar-refractivity contribution in [1.82, 2.24) is 9.47 Å². The fraction of sp³-hybridized carbons (Fsp3) is 0.444. The van der Waals surface area contributed by atoms with E-state index in [-0.39, 0.29) is 18.4 Å². The Balaban J connectivity index is 1.75. The summed E-state index contributed by atoms with van der Waals surface area (Å²) in [6, 6.07) is 7.94. The largest absolute Gasteiger partial charge is 0.465 e. The van der Waals surface area contributed by atoms with Crippen LogP contribution in [0.25, 0.3) is 10.9 Å². The number of benzene rings is 1. The van der Waals surface area contributed by atoms with Crippen LogP contribution in [0.1, 0.15) is 19.8 Å². The van der Waals surface area contributed by atoms with Gasteiger partial charge in [-0.1, -0.05) is 18.2 Å². The molecule has 0 saturated carbocycles. The molecule has 2 heterocycles. The van der Waals surface area contributed by atoms with E-state index < -0.39 is 0 Å². The summed E-state index contributed by atoms with van der Waals surface area (Å²) < 4.78 is 6.94. The quantitative estimate of drug-likeness (QED) is 0.596. The van der Waals surface area contributed by atoms with Crippen LogP contribution < -0.4 is 0 Å². The Morgan fingerprint density at radius 2 is 1.96 bits per heavy atom. The van der Waals surface area contributed by atoms with Gasteiger partial charge in [0.1, 0.15) is 6.54 Å². The van der Waals surface area contributed by atoms with Crippen molar-refractivity contribution in [2.45, 2.75) is 31.2 Å². The third-order valence-corrected chi connectivity index (χ3v) is 5.19. The van der Waals surface area contributed by atoms with Crippen LogP contribution in [-0.4, -0.2) is 46.8 Å². The molecule has 3 rings (SSSR count). The van der Waals surface area contributed by atoms with Crippen molar-refractivity contribution >= 4 is 34.5 Å². The molecule has 0 aliphatic carbocycles. The van der Waals surface area contributed by atoms with Gasteiger partial charge in [0.25, 0.3) is 0 Å². The van der Waals surface area contributed by atoms with Gasteiger partial charge in [-0.15, -0.1) is 11.8 Å². The van der Waals surface area contributed by atoms with Gasteiger partial charge < -0.3 is 14.2 Å². The maximum Gasteiger partial charge on any atom is 0.325 e. The number of ether oxygens (including phenoxy) is 1. The second kappa shape index (κ2) is 7.75. The Hall–Kier alpha value is -1.95. The molecule has 0 spiro atoms. The number of esters is 1. The molecule has 1 amide bonds. The molecule has 0 atom stereocenters. The lowest BCUT2D eigenvalue weighted by atomic mass is 10.2. The highest BCUT2D eigenvalue weighted by Gasteiger charge is 2.19. The van der Waals surface area contributed by atoms with Crippen LogP contribution in [0.3, 0.4) is 0 Å². The zero-order valence-corrected chi connectivity index (χ0v) is 14.7.